The van der Waals surface area contributed by atoms with Gasteiger partial charge in [0, 0.05) is 28.4 Å². The maximum Gasteiger partial charge on any atom is 0.271 e. The fourth-order valence-corrected chi connectivity index (χ4v) is 4.17. The maximum atomic E-state index is 12.8. The summed E-state index contributed by atoms with van der Waals surface area (Å²) < 4.78 is 6.05. The van der Waals surface area contributed by atoms with E-state index in [1.807, 2.05) is 48.5 Å². The molecule has 0 saturated carbocycles. The first kappa shape index (κ1) is 24.7. The van der Waals surface area contributed by atoms with Crippen LogP contribution in [0, 0.1) is 21.4 Å². The van der Waals surface area contributed by atoms with Crippen molar-refractivity contribution in [2.24, 2.45) is 0 Å². The van der Waals surface area contributed by atoms with E-state index in [2.05, 4.69) is 5.32 Å². The molecule has 0 unspecified atom stereocenters. The number of hydrogen-bond acceptors (Lipinski definition) is 5. The molecule has 0 saturated heterocycles. The van der Waals surface area contributed by atoms with Crippen LogP contribution < -0.4 is 10.1 Å². The van der Waals surface area contributed by atoms with Crippen LogP contribution in [0.2, 0.25) is 10.0 Å². The number of ether oxygens (including phenoxy) is 1. The summed E-state index contributed by atoms with van der Waals surface area (Å²) in [6.07, 6.45) is 1.31. The quantitative estimate of drug-likeness (QED) is 0.121. The summed E-state index contributed by atoms with van der Waals surface area (Å²) in [5, 5.41) is 25.7. The molecule has 4 aromatic rings. The van der Waals surface area contributed by atoms with Gasteiger partial charge in [0.15, 0.2) is 0 Å². The molecule has 4 aromatic carbocycles. The molecule has 0 bridgehead atoms. The molecule has 0 aliphatic rings. The lowest BCUT2D eigenvalue weighted by Gasteiger charge is -2.14. The minimum absolute atomic E-state index is 0.173. The van der Waals surface area contributed by atoms with E-state index in [0.717, 1.165) is 16.3 Å². The number of nitrogens with zero attached hydrogens (tertiary/aromatic N) is 2. The van der Waals surface area contributed by atoms with E-state index in [1.165, 1.54) is 42.5 Å². The number of non-ortho nitro benzene ring substituents is 1. The van der Waals surface area contributed by atoms with Crippen LogP contribution >= 0.6 is 23.2 Å². The molecule has 0 spiro atoms. The zero-order valence-electron chi connectivity index (χ0n) is 18.6. The van der Waals surface area contributed by atoms with Gasteiger partial charge in [0.2, 0.25) is 0 Å². The molecule has 36 heavy (non-hydrogen) atoms. The number of nitro groups is 1. The predicted octanol–water partition coefficient (Wildman–Crippen LogP) is 7.18. The molecular formula is C27H17Cl2N3O4. The average Bonchev–Trinajstić information content (AvgIpc) is 2.86. The smallest absolute Gasteiger partial charge is 0.271 e. The minimum Gasteiger partial charge on any atom is -0.487 e. The third kappa shape index (κ3) is 5.63. The van der Waals surface area contributed by atoms with E-state index in [9.17, 15) is 20.2 Å². The summed E-state index contributed by atoms with van der Waals surface area (Å²) in [6, 6.07) is 24.0. The lowest BCUT2D eigenvalue weighted by Crippen LogP contribution is -2.13. The Kier molecular flexibility index (Phi) is 7.50. The highest BCUT2D eigenvalue weighted by atomic mass is 35.5. The number of nitro benzene ring substituents is 1. The molecule has 4 rings (SSSR count). The van der Waals surface area contributed by atoms with Crippen molar-refractivity contribution >= 4 is 57.3 Å². The highest BCUT2D eigenvalue weighted by Crippen LogP contribution is 2.35. The monoisotopic (exact) mass is 517 g/mol. The molecule has 0 radical (unpaired) electrons. The number of benzene rings is 4. The Morgan fingerprint density at radius 3 is 2.58 bits per heavy atom. The zero-order valence-corrected chi connectivity index (χ0v) is 20.1. The molecule has 0 atom stereocenters. The van der Waals surface area contributed by atoms with Gasteiger partial charge in [-0.3, -0.25) is 14.9 Å². The summed E-state index contributed by atoms with van der Waals surface area (Å²) in [4.78, 5) is 23.2. The van der Waals surface area contributed by atoms with Gasteiger partial charge in [0.1, 0.15) is 24.0 Å². The molecule has 7 nitrogen and oxygen atoms in total. The van der Waals surface area contributed by atoms with Crippen LogP contribution in [0.3, 0.4) is 0 Å². The number of carbonyl (C=O) groups is 1. The fraction of sp³-hybridized carbons (Fsp3) is 0.0370. The van der Waals surface area contributed by atoms with E-state index < -0.39 is 10.8 Å². The van der Waals surface area contributed by atoms with Gasteiger partial charge < -0.3 is 10.1 Å². The average molecular weight is 518 g/mol. The van der Waals surface area contributed by atoms with Crippen molar-refractivity contribution in [2.45, 2.75) is 6.61 Å². The largest absolute Gasteiger partial charge is 0.487 e. The molecular weight excluding hydrogens is 501 g/mol. The van der Waals surface area contributed by atoms with Crippen molar-refractivity contribution in [3.8, 4) is 11.8 Å². The van der Waals surface area contributed by atoms with Crippen molar-refractivity contribution in [3.05, 3.63) is 116 Å². The number of amides is 1. The van der Waals surface area contributed by atoms with Crippen LogP contribution in [0.15, 0.2) is 84.4 Å². The van der Waals surface area contributed by atoms with Crippen LogP contribution in [-0.2, 0) is 11.4 Å². The third-order valence-corrected chi connectivity index (χ3v) is 5.77. The Morgan fingerprint density at radius 1 is 1.06 bits per heavy atom. The second kappa shape index (κ2) is 10.9. The number of fused-ring (bicyclic) bond motifs is 1. The van der Waals surface area contributed by atoms with E-state index in [-0.39, 0.29) is 34.3 Å². The topological polar surface area (TPSA) is 105 Å². The van der Waals surface area contributed by atoms with E-state index in [0.29, 0.717) is 10.6 Å². The Bertz CT molecular complexity index is 1560. The first-order valence-electron chi connectivity index (χ1n) is 10.6. The van der Waals surface area contributed by atoms with Gasteiger partial charge in [-0.1, -0.05) is 71.7 Å². The van der Waals surface area contributed by atoms with E-state index >= 15 is 0 Å². The second-order valence-corrected chi connectivity index (χ2v) is 8.51. The standard InChI is InChI=1S/C27H17Cl2N3O4/c28-21-12-19(11-20(15-30)27(33)31-22-8-4-9-23(14-22)32(34)35)26(25(29)13-21)36-16-18-7-3-6-17-5-1-2-10-24(17)18/h1-14H,16H2,(H,31,33)/b20-11+. The number of nitrogens with one attached hydrogen (secondary N) is 1. The number of hydrogen-bond donors (Lipinski definition) is 1. The van der Waals surface area contributed by atoms with Crippen LogP contribution in [-0.4, -0.2) is 10.8 Å². The lowest BCUT2D eigenvalue weighted by molar-refractivity contribution is -0.384. The Morgan fingerprint density at radius 2 is 1.81 bits per heavy atom. The maximum absolute atomic E-state index is 12.8. The van der Waals surface area contributed by atoms with Crippen LogP contribution in [0.5, 0.6) is 5.75 Å². The summed E-state index contributed by atoms with van der Waals surface area (Å²) in [5.41, 5.74) is 0.972. The first-order chi connectivity index (χ1) is 17.4. The van der Waals surface area contributed by atoms with Crippen molar-refractivity contribution in [1.29, 1.82) is 5.26 Å². The van der Waals surface area contributed by atoms with Gasteiger partial charge in [-0.05, 0) is 40.6 Å². The number of carbonyl (C=O) groups excluding carboxylic acids is 1. The molecule has 1 N–H and O–H groups in total. The van der Waals surface area contributed by atoms with Gasteiger partial charge in [-0.2, -0.15) is 5.26 Å². The summed E-state index contributed by atoms with van der Waals surface area (Å²) >= 11 is 12.6. The van der Waals surface area contributed by atoms with E-state index in [4.69, 9.17) is 27.9 Å². The van der Waals surface area contributed by atoms with Crippen molar-refractivity contribution in [1.82, 2.24) is 0 Å². The highest BCUT2D eigenvalue weighted by molar-refractivity contribution is 6.36. The van der Waals surface area contributed by atoms with Crippen molar-refractivity contribution < 1.29 is 14.5 Å². The molecule has 0 heterocycles. The van der Waals surface area contributed by atoms with Crippen molar-refractivity contribution in [2.75, 3.05) is 5.32 Å². The van der Waals surface area contributed by atoms with E-state index in [1.54, 1.807) is 0 Å². The van der Waals surface area contributed by atoms with Gasteiger partial charge >= 0.3 is 0 Å². The van der Waals surface area contributed by atoms with Crippen LogP contribution in [0.1, 0.15) is 11.1 Å². The molecule has 178 valence electrons. The third-order valence-electron chi connectivity index (χ3n) is 5.27. The highest BCUT2D eigenvalue weighted by Gasteiger charge is 2.16. The molecule has 1 amide bonds. The molecule has 0 fully saturated rings. The second-order valence-electron chi connectivity index (χ2n) is 7.66. The molecule has 0 aliphatic carbocycles. The number of anilines is 1. The summed E-state index contributed by atoms with van der Waals surface area (Å²) in [7, 11) is 0. The Labute approximate surface area is 216 Å². The molecule has 0 aliphatic heterocycles. The van der Waals surface area contributed by atoms with Gasteiger partial charge in [-0.25, -0.2) is 0 Å². The van der Waals surface area contributed by atoms with Crippen LogP contribution in [0.25, 0.3) is 16.8 Å². The zero-order chi connectivity index (χ0) is 25.7. The number of halogens is 2. The number of nitriles is 1. The normalized spacial score (nSPS) is 11.1. The summed E-state index contributed by atoms with van der Waals surface area (Å²) in [5.74, 6) is -0.501. The predicted molar refractivity (Wildman–Crippen MR) is 140 cm³/mol. The minimum atomic E-state index is -0.755. The van der Waals surface area contributed by atoms with Crippen LogP contribution in [0.4, 0.5) is 11.4 Å². The van der Waals surface area contributed by atoms with Gasteiger partial charge in [-0.15, -0.1) is 0 Å². The Balaban J connectivity index is 1.63. The Hall–Kier alpha value is -4.38. The SMILES string of the molecule is N#C/C(=C\c1cc(Cl)cc(Cl)c1OCc1cccc2ccccc12)C(=O)Nc1cccc([N+](=O)[O-])c1. The van der Waals surface area contributed by atoms with Gasteiger partial charge in [0.05, 0.1) is 9.95 Å². The lowest BCUT2D eigenvalue weighted by atomic mass is 10.1. The summed E-state index contributed by atoms with van der Waals surface area (Å²) in [6.45, 7) is 0.186. The first-order valence-corrected chi connectivity index (χ1v) is 11.4. The van der Waals surface area contributed by atoms with Gasteiger partial charge in [0.25, 0.3) is 11.6 Å². The molecule has 0 aromatic heterocycles. The van der Waals surface area contributed by atoms with Crippen molar-refractivity contribution in [3.63, 3.8) is 0 Å². The molecule has 9 heteroatoms. The number of rotatable bonds is 7. The fourth-order valence-electron chi connectivity index (χ4n) is 3.61.